The monoisotopic (exact) mass is 592 g/mol. The number of ketones is 2. The molecule has 2 saturated carbocycles. The van der Waals surface area contributed by atoms with E-state index in [4.69, 9.17) is 9.47 Å². The Morgan fingerprint density at radius 1 is 1.09 bits per heavy atom. The van der Waals surface area contributed by atoms with Crippen LogP contribution >= 0.6 is 0 Å². The molecule has 1 aromatic heterocycles. The highest BCUT2D eigenvalue weighted by Crippen LogP contribution is 2.43. The first-order chi connectivity index (χ1) is 20.8. The number of ether oxygens (including phenoxy) is 2. The summed E-state index contributed by atoms with van der Waals surface area (Å²) in [4.78, 5) is 71.9. The summed E-state index contributed by atoms with van der Waals surface area (Å²) in [6.45, 7) is 1.46. The Morgan fingerprint density at radius 2 is 1.91 bits per heavy atom. The number of carbonyl (C=O) groups excluding carboxylic acids is 5. The molecule has 0 radical (unpaired) electrons. The van der Waals surface area contributed by atoms with E-state index in [1.807, 2.05) is 18.2 Å². The number of H-pyrrole nitrogens is 1. The van der Waals surface area contributed by atoms with Gasteiger partial charge in [0.1, 0.15) is 23.3 Å². The van der Waals surface area contributed by atoms with Crippen molar-refractivity contribution in [2.45, 2.75) is 75.9 Å². The molecular formula is C32H40N4O7. The molecule has 2 aromatic rings. The average Bonchev–Trinajstić information content (AvgIpc) is 3.80. The number of fused-ring (bicyclic) bond motifs is 2. The number of methoxy groups -OCH3 is 1. The fourth-order valence-electron chi connectivity index (χ4n) is 7.59. The molecule has 230 valence electrons. The normalized spacial score (nSPS) is 26.3. The van der Waals surface area contributed by atoms with E-state index in [2.05, 4.69) is 15.6 Å². The van der Waals surface area contributed by atoms with Crippen molar-refractivity contribution in [2.75, 3.05) is 26.9 Å². The van der Waals surface area contributed by atoms with Gasteiger partial charge >= 0.3 is 0 Å². The Hall–Kier alpha value is -3.73. The molecule has 3 heterocycles. The largest absolute Gasteiger partial charge is 0.496 e. The molecule has 2 aliphatic carbocycles. The summed E-state index contributed by atoms with van der Waals surface area (Å²) in [5, 5.41) is 6.44. The summed E-state index contributed by atoms with van der Waals surface area (Å²) in [7, 11) is 1.58. The van der Waals surface area contributed by atoms with E-state index in [1.165, 1.54) is 0 Å². The summed E-state index contributed by atoms with van der Waals surface area (Å²) in [6.07, 6.45) is 5.80. The summed E-state index contributed by atoms with van der Waals surface area (Å²) >= 11 is 0. The van der Waals surface area contributed by atoms with E-state index in [-0.39, 0.29) is 41.9 Å². The van der Waals surface area contributed by atoms with Gasteiger partial charge in [-0.2, -0.15) is 0 Å². The molecule has 4 aliphatic rings. The van der Waals surface area contributed by atoms with Crippen molar-refractivity contribution >= 4 is 40.2 Å². The van der Waals surface area contributed by atoms with Crippen LogP contribution in [0.1, 0.15) is 68.3 Å². The first kappa shape index (κ1) is 29.3. The molecule has 2 saturated heterocycles. The third-order valence-electron chi connectivity index (χ3n) is 9.86. The number of nitrogens with one attached hydrogen (secondary N) is 3. The van der Waals surface area contributed by atoms with Crippen molar-refractivity contribution in [1.29, 1.82) is 0 Å². The fourth-order valence-corrected chi connectivity index (χ4v) is 7.59. The smallest absolute Gasteiger partial charge is 0.289 e. The second-order valence-corrected chi connectivity index (χ2v) is 12.4. The first-order valence-corrected chi connectivity index (χ1v) is 15.6. The number of Topliss-reactive ketones (excluding diaryl/α,β-unsaturated/α-hetero) is 2. The zero-order valence-electron chi connectivity index (χ0n) is 24.6. The Bertz CT molecular complexity index is 1410. The zero-order chi connectivity index (χ0) is 30.1. The fraction of sp³-hybridized carbons (Fsp3) is 0.594. The number of hydrogen-bond donors (Lipinski definition) is 3. The van der Waals surface area contributed by atoms with Crippen LogP contribution in [0, 0.1) is 17.8 Å². The van der Waals surface area contributed by atoms with E-state index in [1.54, 1.807) is 18.1 Å². The van der Waals surface area contributed by atoms with Gasteiger partial charge < -0.3 is 30.0 Å². The predicted octanol–water partition coefficient (Wildman–Crippen LogP) is 2.53. The van der Waals surface area contributed by atoms with Crippen LogP contribution in [0.15, 0.2) is 24.3 Å². The maximum absolute atomic E-state index is 14.1. The molecule has 0 spiro atoms. The minimum Gasteiger partial charge on any atom is -0.496 e. The molecule has 3 N–H and O–H groups in total. The molecule has 1 aromatic carbocycles. The minimum atomic E-state index is -1.14. The average molecular weight is 593 g/mol. The number of aromatic nitrogens is 1. The molecule has 43 heavy (non-hydrogen) atoms. The van der Waals surface area contributed by atoms with Crippen molar-refractivity contribution < 1.29 is 33.4 Å². The second kappa shape index (κ2) is 12.5. The van der Waals surface area contributed by atoms with Crippen LogP contribution in [-0.4, -0.2) is 84.2 Å². The Balaban J connectivity index is 1.23. The van der Waals surface area contributed by atoms with Crippen LogP contribution in [0.25, 0.3) is 10.9 Å². The maximum Gasteiger partial charge on any atom is 0.289 e. The Kier molecular flexibility index (Phi) is 8.52. The van der Waals surface area contributed by atoms with Crippen molar-refractivity contribution in [3.8, 4) is 5.75 Å². The van der Waals surface area contributed by atoms with E-state index in [9.17, 15) is 24.0 Å². The Labute approximate surface area is 250 Å². The lowest BCUT2D eigenvalue weighted by molar-refractivity contribution is -0.141. The lowest BCUT2D eigenvalue weighted by Gasteiger charge is -2.29. The number of aromatic amines is 1. The lowest BCUT2D eigenvalue weighted by Crippen LogP contribution is -2.56. The highest BCUT2D eigenvalue weighted by atomic mass is 16.5. The molecule has 11 nitrogen and oxygen atoms in total. The van der Waals surface area contributed by atoms with Gasteiger partial charge in [-0.1, -0.05) is 12.5 Å². The summed E-state index contributed by atoms with van der Waals surface area (Å²) in [6, 6.07) is 5.18. The van der Waals surface area contributed by atoms with E-state index in [0.29, 0.717) is 56.9 Å². The first-order valence-electron chi connectivity index (χ1n) is 15.6. The van der Waals surface area contributed by atoms with Crippen LogP contribution in [-0.2, 0) is 23.9 Å². The molecule has 3 amide bonds. The van der Waals surface area contributed by atoms with Gasteiger partial charge in [0.05, 0.1) is 13.2 Å². The number of benzene rings is 1. The van der Waals surface area contributed by atoms with Crippen LogP contribution in [0.3, 0.4) is 0 Å². The van der Waals surface area contributed by atoms with E-state index in [0.717, 1.165) is 36.6 Å². The molecule has 11 heteroatoms. The van der Waals surface area contributed by atoms with Crippen LogP contribution in [0.4, 0.5) is 0 Å². The van der Waals surface area contributed by atoms with Crippen molar-refractivity contribution in [3.05, 3.63) is 30.0 Å². The third kappa shape index (κ3) is 5.91. The van der Waals surface area contributed by atoms with Gasteiger partial charge in [-0.15, -0.1) is 0 Å². The molecule has 5 atom stereocenters. The van der Waals surface area contributed by atoms with Crippen molar-refractivity contribution in [3.63, 3.8) is 0 Å². The number of hydrogen-bond acceptors (Lipinski definition) is 7. The minimum absolute atomic E-state index is 0.0391. The zero-order valence-corrected chi connectivity index (χ0v) is 24.6. The quantitative estimate of drug-likeness (QED) is 0.379. The third-order valence-corrected chi connectivity index (χ3v) is 9.86. The number of likely N-dealkylation sites (tertiary alicyclic amines) is 1. The molecule has 0 bridgehead atoms. The van der Waals surface area contributed by atoms with Crippen LogP contribution in [0.2, 0.25) is 0 Å². The number of amides is 3. The highest BCUT2D eigenvalue weighted by Gasteiger charge is 2.50. The second-order valence-electron chi connectivity index (χ2n) is 12.4. The summed E-state index contributed by atoms with van der Waals surface area (Å²) in [5.41, 5.74) is 1.11. The van der Waals surface area contributed by atoms with E-state index < -0.39 is 29.7 Å². The SMILES string of the molecule is COc1cccc2[nH]c(C(=O)N3C[C@@H]4CCC[C@@H]4[C@H]3C(=O)N[C@@H](C[C@@H]3CCCC3=O)C(=O)C(=O)NC3CCOCC3)cc12. The highest BCUT2D eigenvalue weighted by molar-refractivity contribution is 6.38. The lowest BCUT2D eigenvalue weighted by atomic mass is 9.91. The maximum atomic E-state index is 14.1. The van der Waals surface area contributed by atoms with Gasteiger partial charge in [0, 0.05) is 49.0 Å². The summed E-state index contributed by atoms with van der Waals surface area (Å²) in [5.74, 6) is -1.79. The van der Waals surface area contributed by atoms with Gasteiger partial charge in [-0.05, 0) is 75.0 Å². The Morgan fingerprint density at radius 3 is 2.65 bits per heavy atom. The van der Waals surface area contributed by atoms with Gasteiger partial charge in [-0.25, -0.2) is 0 Å². The molecule has 4 fully saturated rings. The topological polar surface area (TPSA) is 147 Å². The van der Waals surface area contributed by atoms with Crippen LogP contribution in [0.5, 0.6) is 5.75 Å². The standard InChI is InChI=1S/C32H40N4O7/c1-42-27-10-4-8-23-22(27)16-25(34-23)32(41)36-17-19-6-2-7-21(19)28(36)30(39)35-24(15-18-5-3-9-26(18)37)29(38)31(40)33-20-11-13-43-14-12-20/h4,8,10,16,18-21,24,28,34H,2-3,5-7,9,11-15,17H2,1H3,(H,33,40)(H,35,39)/t18-,19-,21-,24-,28-/m0/s1. The van der Waals surface area contributed by atoms with Gasteiger partial charge in [-0.3, -0.25) is 24.0 Å². The number of carbonyl (C=O) groups is 5. The molecule has 6 rings (SSSR count). The van der Waals surface area contributed by atoms with Crippen molar-refractivity contribution in [2.24, 2.45) is 17.8 Å². The van der Waals surface area contributed by atoms with Crippen molar-refractivity contribution in [1.82, 2.24) is 20.5 Å². The molecule has 0 unspecified atom stereocenters. The summed E-state index contributed by atoms with van der Waals surface area (Å²) < 4.78 is 10.8. The van der Waals surface area contributed by atoms with Gasteiger partial charge in [0.25, 0.3) is 11.8 Å². The number of rotatable bonds is 9. The number of nitrogens with zero attached hydrogens (tertiary/aromatic N) is 1. The predicted molar refractivity (Wildman–Crippen MR) is 156 cm³/mol. The molecular weight excluding hydrogens is 552 g/mol. The van der Waals surface area contributed by atoms with E-state index >= 15 is 0 Å². The van der Waals surface area contributed by atoms with Gasteiger partial charge in [0.2, 0.25) is 11.7 Å². The molecule has 2 aliphatic heterocycles. The van der Waals surface area contributed by atoms with Gasteiger partial charge in [0.15, 0.2) is 0 Å². The van der Waals surface area contributed by atoms with Crippen LogP contribution < -0.4 is 15.4 Å².